The number of aromatic nitrogens is 2. The third-order valence-corrected chi connectivity index (χ3v) is 9.12. The summed E-state index contributed by atoms with van der Waals surface area (Å²) in [6, 6.07) is 0.614. The van der Waals surface area contributed by atoms with Crippen LogP contribution < -0.4 is 4.57 Å². The number of hydrogen-bond donors (Lipinski definition) is 1. The molecule has 0 radical (unpaired) electrons. The van der Waals surface area contributed by atoms with Gasteiger partial charge in [0.1, 0.15) is 12.4 Å². The summed E-state index contributed by atoms with van der Waals surface area (Å²) >= 11 is 0. The minimum Gasteiger partial charge on any atom is -0.247 e. The number of imidazole rings is 1. The van der Waals surface area contributed by atoms with E-state index >= 15 is 0 Å². The van der Waals surface area contributed by atoms with Gasteiger partial charge >= 0.3 is 0 Å². The summed E-state index contributed by atoms with van der Waals surface area (Å²) in [5.41, 5.74) is 0. The first-order valence-corrected chi connectivity index (χ1v) is 18.3. The van der Waals surface area contributed by atoms with Gasteiger partial charge in [-0.1, -0.05) is 181 Å². The molecule has 0 bridgehead atoms. The molecule has 0 amide bonds. The fourth-order valence-corrected chi connectivity index (χ4v) is 6.51. The predicted molar refractivity (Wildman–Crippen MR) is 175 cm³/mol. The molecule has 0 saturated carbocycles. The van der Waals surface area contributed by atoms with E-state index in [-0.39, 0.29) is 0 Å². The monoisotopic (exact) mass is 546 g/mol. The van der Waals surface area contributed by atoms with Gasteiger partial charge in [-0.25, -0.2) is 9.55 Å². The van der Waals surface area contributed by atoms with Crippen LogP contribution >= 0.6 is 0 Å². The highest BCUT2D eigenvalue weighted by Gasteiger charge is 2.25. The zero-order valence-corrected chi connectivity index (χ0v) is 27.6. The Hall–Kier alpha value is -0.790. The van der Waals surface area contributed by atoms with Crippen molar-refractivity contribution in [1.29, 1.82) is 0 Å². The fraction of sp³-hybridized carbons (Fsp3) is 0.919. The number of nitrogens with zero attached hydrogens (tertiary/aromatic N) is 1. The Morgan fingerprint density at radius 1 is 0.487 bits per heavy atom. The van der Waals surface area contributed by atoms with Crippen LogP contribution in [0.25, 0.3) is 0 Å². The lowest BCUT2D eigenvalue weighted by Gasteiger charge is -2.17. The molecule has 2 atom stereocenters. The molecule has 0 fully saturated rings. The molecule has 2 nitrogen and oxygen atoms in total. The van der Waals surface area contributed by atoms with E-state index in [1.165, 1.54) is 186 Å². The van der Waals surface area contributed by atoms with E-state index in [9.17, 15) is 0 Å². The van der Waals surface area contributed by atoms with Gasteiger partial charge in [-0.15, -0.1) is 0 Å². The van der Waals surface area contributed by atoms with Crippen LogP contribution in [-0.4, -0.2) is 4.98 Å². The quantitative estimate of drug-likeness (QED) is 0.0732. The van der Waals surface area contributed by atoms with E-state index in [1.807, 2.05) is 0 Å². The second-order valence-corrected chi connectivity index (χ2v) is 12.9. The first kappa shape index (κ1) is 36.2. The van der Waals surface area contributed by atoms with Gasteiger partial charge in [0.15, 0.2) is 0 Å². The van der Waals surface area contributed by atoms with Crippen LogP contribution in [0.1, 0.15) is 225 Å². The lowest BCUT2D eigenvalue weighted by Crippen LogP contribution is -2.41. The number of rotatable bonds is 30. The summed E-state index contributed by atoms with van der Waals surface area (Å²) in [5, 5.41) is 0. The van der Waals surface area contributed by atoms with Crippen LogP contribution in [0.5, 0.6) is 0 Å². The fourth-order valence-electron chi connectivity index (χ4n) is 6.51. The zero-order chi connectivity index (χ0) is 28.2. The van der Waals surface area contributed by atoms with Crippen molar-refractivity contribution >= 4 is 0 Å². The van der Waals surface area contributed by atoms with E-state index in [2.05, 4.69) is 49.6 Å². The third-order valence-electron chi connectivity index (χ3n) is 9.12. The highest BCUT2D eigenvalue weighted by Crippen LogP contribution is 2.27. The molecule has 230 valence electrons. The van der Waals surface area contributed by atoms with Gasteiger partial charge in [-0.3, -0.25) is 0 Å². The highest BCUT2D eigenvalue weighted by molar-refractivity contribution is 4.90. The molecular formula is C37H73N2+. The van der Waals surface area contributed by atoms with Crippen molar-refractivity contribution in [3.05, 3.63) is 18.2 Å². The molecule has 39 heavy (non-hydrogen) atoms. The Bertz CT molecular complexity index is 606. The number of hydrogen-bond acceptors (Lipinski definition) is 0. The smallest absolute Gasteiger partial charge is 0.247 e. The number of unbranched alkanes of at least 4 members (excludes halogenated alkanes) is 22. The Morgan fingerprint density at radius 3 is 1.21 bits per heavy atom. The first-order chi connectivity index (χ1) is 19.2. The van der Waals surface area contributed by atoms with Crippen molar-refractivity contribution < 1.29 is 4.57 Å². The van der Waals surface area contributed by atoms with Gasteiger partial charge < -0.3 is 0 Å². The van der Waals surface area contributed by atoms with Crippen LogP contribution in [-0.2, 0) is 0 Å². The van der Waals surface area contributed by atoms with Gasteiger partial charge in [0, 0.05) is 0 Å². The molecule has 2 heteroatoms. The Labute approximate surface area is 246 Å². The molecule has 0 aliphatic heterocycles. The van der Waals surface area contributed by atoms with Crippen molar-refractivity contribution in [1.82, 2.24) is 4.98 Å². The van der Waals surface area contributed by atoms with Gasteiger partial charge in [0.25, 0.3) is 5.82 Å². The minimum atomic E-state index is 0.614. The average Bonchev–Trinajstić information content (AvgIpc) is 3.43. The van der Waals surface area contributed by atoms with Crippen molar-refractivity contribution in [3.8, 4) is 0 Å². The van der Waals surface area contributed by atoms with E-state index in [0.717, 1.165) is 0 Å². The summed E-state index contributed by atoms with van der Waals surface area (Å²) < 4.78 is 2.58. The van der Waals surface area contributed by atoms with E-state index in [0.29, 0.717) is 12.0 Å². The maximum absolute atomic E-state index is 3.69. The summed E-state index contributed by atoms with van der Waals surface area (Å²) in [6.45, 7) is 9.35. The van der Waals surface area contributed by atoms with Gasteiger partial charge in [-0.2, -0.15) is 0 Å². The van der Waals surface area contributed by atoms with Crippen LogP contribution in [0.3, 0.4) is 0 Å². The summed E-state index contributed by atoms with van der Waals surface area (Å²) in [5.74, 6) is 2.23. The molecule has 0 aromatic carbocycles. The number of H-pyrrole nitrogens is 1. The third kappa shape index (κ3) is 19.8. The molecule has 2 unspecified atom stereocenters. The highest BCUT2D eigenvalue weighted by atomic mass is 15.1. The standard InChI is InChI=1S/C37H72N2/c1-5-8-10-12-14-16-18-19-20-21-23-25-27-29-32-36(37-38-33-34-39(37)35(4)30-7-3)31-28-26-24-22-17-15-13-11-9-6-2/h33-36H,5-32H2,1-4H3/p+1. The molecule has 1 heterocycles. The lowest BCUT2D eigenvalue weighted by atomic mass is 9.92. The minimum absolute atomic E-state index is 0.614. The molecule has 1 rings (SSSR count). The molecule has 0 spiro atoms. The van der Waals surface area contributed by atoms with E-state index in [1.54, 1.807) is 0 Å². The second-order valence-electron chi connectivity index (χ2n) is 12.9. The van der Waals surface area contributed by atoms with E-state index < -0.39 is 0 Å². The summed E-state index contributed by atoms with van der Waals surface area (Å²) in [7, 11) is 0. The number of aromatic amines is 1. The van der Waals surface area contributed by atoms with Gasteiger partial charge in [-0.05, 0) is 26.2 Å². The molecule has 0 saturated heterocycles. The van der Waals surface area contributed by atoms with Crippen LogP contribution in [0.4, 0.5) is 0 Å². The largest absolute Gasteiger partial charge is 0.257 e. The van der Waals surface area contributed by atoms with Crippen molar-refractivity contribution in [2.45, 2.75) is 219 Å². The molecular weight excluding hydrogens is 472 g/mol. The normalized spacial score (nSPS) is 13.2. The zero-order valence-electron chi connectivity index (χ0n) is 27.6. The van der Waals surface area contributed by atoms with Gasteiger partial charge in [0.05, 0.1) is 12.0 Å². The molecule has 0 aliphatic carbocycles. The lowest BCUT2D eigenvalue weighted by molar-refractivity contribution is -0.727. The van der Waals surface area contributed by atoms with Crippen molar-refractivity contribution in [2.24, 2.45) is 0 Å². The molecule has 1 aromatic heterocycles. The van der Waals surface area contributed by atoms with Crippen LogP contribution in [0.2, 0.25) is 0 Å². The SMILES string of the molecule is CCCCCCCCCCCCCCCCC(CCCCCCCCCCCC)c1[nH]cc[n+]1C(C)CCC. The van der Waals surface area contributed by atoms with Gasteiger partial charge in [0.2, 0.25) is 0 Å². The average molecular weight is 546 g/mol. The topological polar surface area (TPSA) is 19.7 Å². The maximum Gasteiger partial charge on any atom is 0.257 e. The maximum atomic E-state index is 3.69. The Balaban J connectivity index is 2.26. The Morgan fingerprint density at radius 2 is 0.846 bits per heavy atom. The number of nitrogens with one attached hydrogen (secondary N) is 1. The Kier molecular flexibility index (Phi) is 25.4. The molecule has 1 aromatic rings. The summed E-state index contributed by atoms with van der Waals surface area (Å²) in [6.07, 6.45) is 44.4. The van der Waals surface area contributed by atoms with Crippen LogP contribution in [0, 0.1) is 0 Å². The predicted octanol–water partition coefficient (Wildman–Crippen LogP) is 12.9. The molecule has 1 N–H and O–H groups in total. The van der Waals surface area contributed by atoms with Crippen molar-refractivity contribution in [2.75, 3.05) is 0 Å². The molecule has 0 aliphatic rings. The summed E-state index contributed by atoms with van der Waals surface area (Å²) in [4.78, 5) is 3.69. The van der Waals surface area contributed by atoms with Crippen LogP contribution in [0.15, 0.2) is 12.4 Å². The second kappa shape index (κ2) is 27.4. The van der Waals surface area contributed by atoms with Crippen molar-refractivity contribution in [3.63, 3.8) is 0 Å². The first-order valence-electron chi connectivity index (χ1n) is 18.3. The van der Waals surface area contributed by atoms with E-state index in [4.69, 9.17) is 0 Å².